The van der Waals surface area contributed by atoms with Crippen molar-refractivity contribution >= 4 is 6.41 Å². The van der Waals surface area contributed by atoms with Gasteiger partial charge >= 0.3 is 0 Å². The zero-order valence-corrected chi connectivity index (χ0v) is 13.9. The number of amides is 1. The van der Waals surface area contributed by atoms with Crippen molar-refractivity contribution in [1.82, 2.24) is 10.6 Å². The molecule has 1 aliphatic rings. The highest BCUT2D eigenvalue weighted by Crippen LogP contribution is 2.13. The Morgan fingerprint density at radius 1 is 1.48 bits per heavy atom. The Kier molecular flexibility index (Phi) is 36.6. The lowest BCUT2D eigenvalue weighted by Gasteiger charge is -2.10. The predicted octanol–water partition coefficient (Wildman–Crippen LogP) is 2.81. The van der Waals surface area contributed by atoms with Gasteiger partial charge in [-0.1, -0.05) is 41.0 Å². The summed E-state index contributed by atoms with van der Waals surface area (Å²) in [5.74, 6) is 2.86. The average molecular weight is 303 g/mol. The molecule has 0 aliphatic carbocycles. The van der Waals surface area contributed by atoms with E-state index in [0.29, 0.717) is 6.41 Å². The second-order valence-electron chi connectivity index (χ2n) is 4.53. The fraction of sp³-hybridized carbons (Fsp3) is 0.824. The quantitative estimate of drug-likeness (QED) is 0.553. The number of carbonyl (C=O) groups is 1. The van der Waals surface area contributed by atoms with E-state index in [1.807, 2.05) is 19.8 Å². The second kappa shape index (κ2) is 27.3. The van der Waals surface area contributed by atoms with E-state index >= 15 is 0 Å². The number of hydrogen-bond donors (Lipinski definition) is 3. The number of terminal acetylenes is 1. The van der Waals surface area contributed by atoms with Crippen LogP contribution in [0, 0.1) is 18.3 Å². The third-order valence-corrected chi connectivity index (χ3v) is 2.46. The molecule has 1 saturated heterocycles. The van der Waals surface area contributed by atoms with Crippen LogP contribution in [0.15, 0.2) is 0 Å². The fourth-order valence-electron chi connectivity index (χ4n) is 1.54. The van der Waals surface area contributed by atoms with Crippen LogP contribution in [0.5, 0.6) is 0 Å². The molecule has 4 nitrogen and oxygen atoms in total. The molecule has 1 heterocycles. The Balaban J connectivity index is -0.000000112. The topological polar surface area (TPSA) is 61.4 Å². The van der Waals surface area contributed by atoms with Crippen molar-refractivity contribution in [2.24, 2.45) is 5.92 Å². The molecule has 128 valence electrons. The van der Waals surface area contributed by atoms with Gasteiger partial charge in [0.1, 0.15) is 6.61 Å². The number of aliphatic hydroxyl groups excluding tert-OH is 1. The van der Waals surface area contributed by atoms with Crippen molar-refractivity contribution in [3.8, 4) is 12.3 Å². The van der Waals surface area contributed by atoms with Crippen LogP contribution in [0.1, 0.15) is 60.8 Å². The lowest BCUT2D eigenvalue weighted by molar-refractivity contribution is -0.109. The van der Waals surface area contributed by atoms with E-state index in [-0.39, 0.29) is 14.0 Å². The molecule has 0 aromatic rings. The normalized spacial score (nSPS) is 14.7. The summed E-state index contributed by atoms with van der Waals surface area (Å²) in [6.45, 7) is 9.70. The van der Waals surface area contributed by atoms with Gasteiger partial charge in [0.25, 0.3) is 0 Å². The van der Waals surface area contributed by atoms with Gasteiger partial charge < -0.3 is 15.7 Å². The van der Waals surface area contributed by atoms with Gasteiger partial charge in [-0.3, -0.25) is 4.79 Å². The highest BCUT2D eigenvalue weighted by atomic mass is 16.2. The molecule has 0 radical (unpaired) electrons. The molecule has 4 heteroatoms. The average Bonchev–Trinajstić information content (AvgIpc) is 3.01. The van der Waals surface area contributed by atoms with Crippen LogP contribution >= 0.6 is 0 Å². The van der Waals surface area contributed by atoms with Crippen molar-refractivity contribution in [2.45, 2.75) is 66.8 Å². The summed E-state index contributed by atoms with van der Waals surface area (Å²) in [6, 6.07) is 0.849. The van der Waals surface area contributed by atoms with E-state index in [2.05, 4.69) is 30.9 Å². The zero-order chi connectivity index (χ0) is 16.2. The number of hydrogen-bond acceptors (Lipinski definition) is 3. The van der Waals surface area contributed by atoms with Crippen molar-refractivity contribution in [1.29, 1.82) is 0 Å². The van der Waals surface area contributed by atoms with Crippen LogP contribution in [0.2, 0.25) is 0 Å². The maximum Gasteiger partial charge on any atom is 0.206 e. The monoisotopic (exact) mass is 302 g/mol. The summed E-state index contributed by atoms with van der Waals surface area (Å²) in [5, 5.41) is 13.4. The summed E-state index contributed by atoms with van der Waals surface area (Å²) < 4.78 is 0. The number of nitrogens with one attached hydrogen (secondary N) is 2. The highest BCUT2D eigenvalue weighted by molar-refractivity contribution is 5.44. The second-order valence-corrected chi connectivity index (χ2v) is 4.53. The van der Waals surface area contributed by atoms with Crippen LogP contribution in [0.25, 0.3) is 0 Å². The third kappa shape index (κ3) is 32.5. The Bertz CT molecular complexity index is 207. The van der Waals surface area contributed by atoms with Gasteiger partial charge in [0.2, 0.25) is 6.41 Å². The number of aliphatic hydroxyl groups is 1. The van der Waals surface area contributed by atoms with Crippen molar-refractivity contribution in [3.63, 3.8) is 0 Å². The van der Waals surface area contributed by atoms with Crippen LogP contribution < -0.4 is 10.6 Å². The van der Waals surface area contributed by atoms with Gasteiger partial charge in [-0.05, 0) is 38.1 Å². The first-order chi connectivity index (χ1) is 9.62. The molecular weight excluding hydrogens is 264 g/mol. The van der Waals surface area contributed by atoms with Gasteiger partial charge in [0.15, 0.2) is 0 Å². The van der Waals surface area contributed by atoms with E-state index in [9.17, 15) is 0 Å². The smallest absolute Gasteiger partial charge is 0.206 e. The predicted molar refractivity (Wildman–Crippen MR) is 94.2 cm³/mol. The summed E-state index contributed by atoms with van der Waals surface area (Å²) in [7, 11) is 1.56. The molecule has 1 aliphatic heterocycles. The molecular formula is C17H38N2O2. The molecule has 0 aromatic carbocycles. The first-order valence-electron chi connectivity index (χ1n) is 7.50. The molecule has 1 atom stereocenters. The van der Waals surface area contributed by atoms with Crippen LogP contribution in [0.4, 0.5) is 0 Å². The van der Waals surface area contributed by atoms with Gasteiger partial charge in [0.05, 0.1) is 0 Å². The maximum atomic E-state index is 9.06. The maximum absolute atomic E-state index is 9.06. The fourth-order valence-corrected chi connectivity index (χ4v) is 1.54. The molecule has 1 rings (SSSR count). The molecule has 0 bridgehead atoms. The molecule has 0 spiro atoms. The first kappa shape index (κ1) is 28.2. The highest BCUT2D eigenvalue weighted by Gasteiger charge is 2.13. The van der Waals surface area contributed by atoms with Crippen molar-refractivity contribution in [3.05, 3.63) is 0 Å². The Morgan fingerprint density at radius 3 is 2.19 bits per heavy atom. The van der Waals surface area contributed by atoms with Gasteiger partial charge in [-0.2, -0.15) is 0 Å². The minimum atomic E-state index is -0.153. The van der Waals surface area contributed by atoms with Crippen LogP contribution in [0.3, 0.4) is 0 Å². The van der Waals surface area contributed by atoms with E-state index < -0.39 is 0 Å². The molecule has 1 fully saturated rings. The molecule has 0 aromatic heterocycles. The molecule has 1 unspecified atom stereocenters. The SMILES string of the molecule is C.C#CCO.CC.CC(C)CCC1CCCN1.CNC=O. The van der Waals surface area contributed by atoms with Crippen molar-refractivity contribution < 1.29 is 9.90 Å². The lowest BCUT2D eigenvalue weighted by atomic mass is 10.0. The Morgan fingerprint density at radius 2 is 1.95 bits per heavy atom. The van der Waals surface area contributed by atoms with Gasteiger partial charge in [-0.15, -0.1) is 6.42 Å². The minimum Gasteiger partial charge on any atom is -0.384 e. The summed E-state index contributed by atoms with van der Waals surface area (Å²) in [5.41, 5.74) is 0. The largest absolute Gasteiger partial charge is 0.384 e. The van der Waals surface area contributed by atoms with Crippen molar-refractivity contribution in [2.75, 3.05) is 20.2 Å². The Labute approximate surface area is 133 Å². The van der Waals surface area contributed by atoms with E-state index in [0.717, 1.165) is 12.0 Å². The van der Waals surface area contributed by atoms with E-state index in [1.165, 1.54) is 32.2 Å². The first-order valence-corrected chi connectivity index (χ1v) is 7.50. The van der Waals surface area contributed by atoms with E-state index in [4.69, 9.17) is 9.90 Å². The molecule has 21 heavy (non-hydrogen) atoms. The summed E-state index contributed by atoms with van der Waals surface area (Å²) in [6.07, 6.45) is 10.7. The zero-order valence-electron chi connectivity index (χ0n) is 13.9. The minimum absolute atomic E-state index is 0. The van der Waals surface area contributed by atoms with Crippen LogP contribution in [-0.2, 0) is 4.79 Å². The summed E-state index contributed by atoms with van der Waals surface area (Å²) in [4.78, 5) is 9.06. The lowest BCUT2D eigenvalue weighted by Crippen LogP contribution is -2.21. The van der Waals surface area contributed by atoms with Gasteiger partial charge in [0, 0.05) is 13.1 Å². The van der Waals surface area contributed by atoms with E-state index in [1.54, 1.807) is 7.05 Å². The number of carbonyl (C=O) groups excluding carboxylic acids is 1. The summed E-state index contributed by atoms with van der Waals surface area (Å²) >= 11 is 0. The van der Waals surface area contributed by atoms with Crippen LogP contribution in [-0.4, -0.2) is 37.8 Å². The standard InChI is InChI=1S/C9H19N.C3H4O.C2H5NO.C2H6.CH4/c1-8(2)5-6-9-4-3-7-10-9;1-2-3-4;1-3-2-4;1-2;/h8-10H,3-7H2,1-2H3;1,4H,3H2;2H,1H3,(H,3,4);1-2H3;1H4. The molecule has 1 amide bonds. The Hall–Kier alpha value is -1.05. The third-order valence-electron chi connectivity index (χ3n) is 2.46. The number of rotatable bonds is 4. The molecule has 0 saturated carbocycles. The van der Waals surface area contributed by atoms with Gasteiger partial charge in [-0.25, -0.2) is 0 Å². The molecule has 3 N–H and O–H groups in total.